The van der Waals surface area contributed by atoms with Gasteiger partial charge in [-0.1, -0.05) is 49.2 Å². The maximum atomic E-state index is 12.5. The molecule has 0 aliphatic rings. The predicted octanol–water partition coefficient (Wildman–Crippen LogP) is 6.61. The normalized spacial score (nSPS) is 12.6. The molecule has 0 aliphatic carbocycles. The predicted molar refractivity (Wildman–Crippen MR) is 145 cm³/mol. The summed E-state index contributed by atoms with van der Waals surface area (Å²) in [6, 6.07) is 23.3. The van der Waals surface area contributed by atoms with Gasteiger partial charge in [-0.2, -0.15) is 5.26 Å². The van der Waals surface area contributed by atoms with Crippen molar-refractivity contribution in [1.29, 1.82) is 5.26 Å². The van der Waals surface area contributed by atoms with Crippen molar-refractivity contribution in [3.05, 3.63) is 106 Å². The van der Waals surface area contributed by atoms with Gasteiger partial charge in [0.05, 0.1) is 18.1 Å². The lowest BCUT2D eigenvalue weighted by Gasteiger charge is -2.28. The Morgan fingerprint density at radius 3 is 2.41 bits per heavy atom. The van der Waals surface area contributed by atoms with Crippen LogP contribution >= 0.6 is 11.6 Å². The summed E-state index contributed by atoms with van der Waals surface area (Å²) >= 11 is 6.22. The molecule has 3 aromatic carbocycles. The van der Waals surface area contributed by atoms with Crippen LogP contribution in [0.3, 0.4) is 0 Å². The highest BCUT2D eigenvalue weighted by molar-refractivity contribution is 6.30. The zero-order valence-electron chi connectivity index (χ0n) is 20.5. The van der Waals surface area contributed by atoms with Gasteiger partial charge in [0.2, 0.25) is 0 Å². The smallest absolute Gasteiger partial charge is 0.305 e. The van der Waals surface area contributed by atoms with E-state index in [1.54, 1.807) is 12.1 Å². The Morgan fingerprint density at radius 2 is 1.76 bits per heavy atom. The maximum Gasteiger partial charge on any atom is 0.305 e. The number of nitriles is 1. The van der Waals surface area contributed by atoms with Gasteiger partial charge in [-0.05, 0) is 71.5 Å². The first-order valence-corrected chi connectivity index (χ1v) is 12.7. The molecule has 1 aromatic heterocycles. The average Bonchev–Trinajstić information content (AvgIpc) is 3.32. The number of benzene rings is 3. The second-order valence-corrected chi connectivity index (χ2v) is 9.50. The fraction of sp³-hybridized carbons (Fsp3) is 0.233. The van der Waals surface area contributed by atoms with Crippen molar-refractivity contribution in [2.75, 3.05) is 6.54 Å². The van der Waals surface area contributed by atoms with E-state index >= 15 is 0 Å². The van der Waals surface area contributed by atoms with E-state index in [1.165, 1.54) is 0 Å². The first-order valence-electron chi connectivity index (χ1n) is 12.3. The second kappa shape index (κ2) is 11.8. The van der Waals surface area contributed by atoms with Gasteiger partial charge < -0.3 is 15.4 Å². The molecule has 188 valence electrons. The molecule has 7 heteroatoms. The van der Waals surface area contributed by atoms with Crippen LogP contribution in [-0.2, 0) is 4.79 Å². The molecule has 1 amide bonds. The molecule has 0 saturated carbocycles. The number of carboxylic acid groups (broad SMARTS) is 1. The molecule has 4 rings (SSSR count). The van der Waals surface area contributed by atoms with Crippen LogP contribution in [0.5, 0.6) is 0 Å². The molecule has 3 N–H and O–H groups in total. The second-order valence-electron chi connectivity index (χ2n) is 9.06. The maximum absolute atomic E-state index is 12.5. The van der Waals surface area contributed by atoms with Gasteiger partial charge in [-0.25, -0.2) is 0 Å². The molecule has 1 heterocycles. The molecule has 0 spiro atoms. The van der Waals surface area contributed by atoms with Crippen LogP contribution in [0, 0.1) is 11.3 Å². The molecule has 0 saturated heterocycles. The Balaban J connectivity index is 1.75. The quantitative estimate of drug-likeness (QED) is 0.222. The number of fused-ring (bicyclic) bond motifs is 1. The summed E-state index contributed by atoms with van der Waals surface area (Å²) in [4.78, 5) is 26.6. The molecular weight excluding hydrogens is 486 g/mol. The van der Waals surface area contributed by atoms with Crippen molar-refractivity contribution in [2.24, 2.45) is 0 Å². The molecule has 4 aromatic rings. The molecule has 37 heavy (non-hydrogen) atoms. The Morgan fingerprint density at radius 1 is 1.05 bits per heavy atom. The number of nitrogens with one attached hydrogen (secondary N) is 2. The summed E-state index contributed by atoms with van der Waals surface area (Å²) < 4.78 is 0. The third-order valence-corrected chi connectivity index (χ3v) is 6.89. The van der Waals surface area contributed by atoms with E-state index in [1.807, 2.05) is 60.8 Å². The topological polar surface area (TPSA) is 106 Å². The highest BCUT2D eigenvalue weighted by Crippen LogP contribution is 2.44. The summed E-state index contributed by atoms with van der Waals surface area (Å²) in [7, 11) is 0. The van der Waals surface area contributed by atoms with Gasteiger partial charge in [0.25, 0.3) is 5.91 Å². The first kappa shape index (κ1) is 26.0. The number of carbonyl (C=O) groups excluding carboxylic acids is 1. The van der Waals surface area contributed by atoms with Gasteiger partial charge in [0.1, 0.15) is 0 Å². The minimum atomic E-state index is -0.953. The van der Waals surface area contributed by atoms with Crippen LogP contribution in [0.15, 0.2) is 72.9 Å². The summed E-state index contributed by atoms with van der Waals surface area (Å²) in [5, 5.41) is 22.6. The van der Waals surface area contributed by atoms with Gasteiger partial charge in [-0.3, -0.25) is 9.59 Å². The van der Waals surface area contributed by atoms with Gasteiger partial charge in [-0.15, -0.1) is 0 Å². The van der Waals surface area contributed by atoms with Crippen molar-refractivity contribution in [2.45, 2.75) is 38.0 Å². The Kier molecular flexibility index (Phi) is 8.27. The molecular formula is C30H28ClN3O3. The van der Waals surface area contributed by atoms with E-state index in [0.29, 0.717) is 16.1 Å². The highest BCUT2D eigenvalue weighted by atomic mass is 35.5. The van der Waals surface area contributed by atoms with E-state index < -0.39 is 5.97 Å². The minimum absolute atomic E-state index is 0.0184. The van der Waals surface area contributed by atoms with Gasteiger partial charge >= 0.3 is 5.97 Å². The molecule has 0 fully saturated rings. The molecule has 0 aliphatic heterocycles. The zero-order valence-corrected chi connectivity index (χ0v) is 21.3. The van der Waals surface area contributed by atoms with E-state index in [4.69, 9.17) is 16.7 Å². The standard InChI is InChI=1S/C30H28ClN3O3/c1-2-3-24(20-5-7-22(8-6-20)30(37)33-15-14-28(35)36)29(21-9-11-23(31)12-10-21)26-18-34-27-13-4-19(17-32)16-25(26)27/h4-13,16,18,24,29,34H,2-3,14-15H2,1H3,(H,33,37)(H,35,36). The summed E-state index contributed by atoms with van der Waals surface area (Å²) in [5.74, 6) is -1.17. The van der Waals surface area contributed by atoms with E-state index in [9.17, 15) is 14.9 Å². The van der Waals surface area contributed by atoms with Crippen molar-refractivity contribution >= 4 is 34.4 Å². The van der Waals surface area contributed by atoms with Crippen LogP contribution < -0.4 is 5.32 Å². The number of amides is 1. The number of hydrogen-bond donors (Lipinski definition) is 3. The lowest BCUT2D eigenvalue weighted by molar-refractivity contribution is -0.136. The van der Waals surface area contributed by atoms with Gasteiger partial charge in [0, 0.05) is 40.1 Å². The number of nitrogens with zero attached hydrogens (tertiary/aromatic N) is 1. The van der Waals surface area contributed by atoms with E-state index in [2.05, 4.69) is 23.3 Å². The fourth-order valence-electron chi connectivity index (χ4n) is 4.87. The van der Waals surface area contributed by atoms with Gasteiger partial charge in [0.15, 0.2) is 0 Å². The minimum Gasteiger partial charge on any atom is -0.481 e. The summed E-state index contributed by atoms with van der Waals surface area (Å²) in [5.41, 5.74) is 5.36. The molecule has 2 unspecified atom stereocenters. The van der Waals surface area contributed by atoms with Crippen LogP contribution in [0.25, 0.3) is 10.9 Å². The largest absolute Gasteiger partial charge is 0.481 e. The summed E-state index contributed by atoms with van der Waals surface area (Å²) in [6.45, 7) is 2.23. The number of H-pyrrole nitrogens is 1. The van der Waals surface area contributed by atoms with Crippen molar-refractivity contribution in [1.82, 2.24) is 10.3 Å². The number of aromatic amines is 1. The lowest BCUT2D eigenvalue weighted by atomic mass is 9.75. The van der Waals surface area contributed by atoms with Crippen LogP contribution in [-0.4, -0.2) is 28.5 Å². The number of halogens is 1. The summed E-state index contributed by atoms with van der Waals surface area (Å²) in [6.07, 6.45) is 3.77. The van der Waals surface area contributed by atoms with Crippen molar-refractivity contribution in [3.8, 4) is 6.07 Å². The number of carboxylic acids is 1. The number of carbonyl (C=O) groups is 2. The molecule has 0 bridgehead atoms. The number of rotatable bonds is 10. The first-order chi connectivity index (χ1) is 17.9. The Hall–Kier alpha value is -4.08. The Bertz CT molecular complexity index is 1440. The number of aliphatic carboxylic acids is 1. The number of hydrogen-bond acceptors (Lipinski definition) is 3. The molecule has 0 radical (unpaired) electrons. The fourth-order valence-corrected chi connectivity index (χ4v) is 5.00. The molecule has 2 atom stereocenters. The van der Waals surface area contributed by atoms with Crippen LogP contribution in [0.4, 0.5) is 0 Å². The lowest BCUT2D eigenvalue weighted by Crippen LogP contribution is -2.26. The van der Waals surface area contributed by atoms with E-state index in [0.717, 1.165) is 40.4 Å². The Labute approximate surface area is 220 Å². The van der Waals surface area contributed by atoms with Crippen LogP contribution in [0.1, 0.15) is 70.6 Å². The van der Waals surface area contributed by atoms with Crippen LogP contribution in [0.2, 0.25) is 5.02 Å². The zero-order chi connectivity index (χ0) is 26.4. The number of aromatic nitrogens is 1. The average molecular weight is 514 g/mol. The third kappa shape index (κ3) is 6.02. The van der Waals surface area contributed by atoms with E-state index in [-0.39, 0.29) is 30.7 Å². The highest BCUT2D eigenvalue weighted by Gasteiger charge is 2.28. The third-order valence-electron chi connectivity index (χ3n) is 6.63. The SMILES string of the molecule is CCCC(c1ccc(C(=O)NCCC(=O)O)cc1)C(c1ccc(Cl)cc1)c1c[nH]c2ccc(C#N)cc12. The van der Waals surface area contributed by atoms with Crippen molar-refractivity contribution < 1.29 is 14.7 Å². The molecule has 6 nitrogen and oxygen atoms in total. The monoisotopic (exact) mass is 513 g/mol. The van der Waals surface area contributed by atoms with Crippen molar-refractivity contribution in [3.63, 3.8) is 0 Å².